The van der Waals surface area contributed by atoms with Crippen molar-refractivity contribution in [1.82, 2.24) is 14.5 Å². The highest BCUT2D eigenvalue weighted by Crippen LogP contribution is 2.40. The normalized spacial score (nSPS) is 20.8. The zero-order valence-electron chi connectivity index (χ0n) is 13.8. The second kappa shape index (κ2) is 5.19. The van der Waals surface area contributed by atoms with E-state index >= 15 is 0 Å². The van der Waals surface area contributed by atoms with E-state index in [2.05, 4.69) is 15.2 Å². The molecule has 1 N–H and O–H groups in total. The number of hydrogen-bond acceptors (Lipinski definition) is 5. The Balaban J connectivity index is 2.10. The molecule has 1 atom stereocenters. The second-order valence-corrected chi connectivity index (χ2v) is 6.89. The zero-order chi connectivity index (χ0) is 17.2. The Kier molecular flexibility index (Phi) is 3.33. The minimum atomic E-state index is -0.393. The highest BCUT2D eigenvalue weighted by atomic mass is 35.5. The molecule has 24 heavy (non-hydrogen) atoms. The molecule has 1 unspecified atom stereocenters. The number of nitrogens with one attached hydrogen (secondary N) is 1. The summed E-state index contributed by atoms with van der Waals surface area (Å²) >= 11 is 6.48. The van der Waals surface area contributed by atoms with Crippen LogP contribution in [-0.2, 0) is 11.8 Å². The third-order valence-electron chi connectivity index (χ3n) is 4.90. The van der Waals surface area contributed by atoms with E-state index < -0.39 is 6.04 Å². The lowest BCUT2D eigenvalue weighted by Gasteiger charge is -2.38. The Morgan fingerprint density at radius 3 is 2.79 bits per heavy atom. The first-order valence-electron chi connectivity index (χ1n) is 7.84. The van der Waals surface area contributed by atoms with Crippen LogP contribution in [0.1, 0.15) is 5.56 Å². The predicted octanol–water partition coefficient (Wildman–Crippen LogP) is 0.968. The van der Waals surface area contributed by atoms with Crippen LogP contribution in [-0.4, -0.2) is 53.1 Å². The molecule has 0 saturated carbocycles. The van der Waals surface area contributed by atoms with Gasteiger partial charge < -0.3 is 15.1 Å². The van der Waals surface area contributed by atoms with Gasteiger partial charge in [-0.25, -0.2) is 4.79 Å². The maximum Gasteiger partial charge on any atom is 0.349 e. The molecule has 1 saturated heterocycles. The predicted molar refractivity (Wildman–Crippen MR) is 94.0 cm³/mol. The van der Waals surface area contributed by atoms with Crippen LogP contribution in [0.5, 0.6) is 0 Å². The number of hydrogen-bond donors (Lipinski definition) is 1. The van der Waals surface area contributed by atoms with Crippen LogP contribution >= 0.6 is 11.6 Å². The summed E-state index contributed by atoms with van der Waals surface area (Å²) in [6.45, 7) is 3.88. The van der Waals surface area contributed by atoms with Gasteiger partial charge >= 0.3 is 5.69 Å². The van der Waals surface area contributed by atoms with Crippen molar-refractivity contribution in [2.24, 2.45) is 7.05 Å². The number of likely N-dealkylation sites (N-methyl/N-ethyl adjacent to an activating group) is 1. The number of anilines is 2. The molecular formula is C16H18ClN5O2. The van der Waals surface area contributed by atoms with Crippen LogP contribution in [0.15, 0.2) is 10.9 Å². The molecule has 126 valence electrons. The van der Waals surface area contributed by atoms with Gasteiger partial charge in [0.1, 0.15) is 11.9 Å². The fourth-order valence-corrected chi connectivity index (χ4v) is 3.72. The van der Waals surface area contributed by atoms with Crippen LogP contribution in [0.2, 0.25) is 5.02 Å². The minimum Gasteiger partial charge on any atom is -0.341 e. The quantitative estimate of drug-likeness (QED) is 0.769. The number of aromatic nitrogens is 2. The zero-order valence-corrected chi connectivity index (χ0v) is 14.5. The molecule has 0 aliphatic carbocycles. The molecule has 3 heterocycles. The lowest BCUT2D eigenvalue weighted by molar-refractivity contribution is -0.118. The van der Waals surface area contributed by atoms with Gasteiger partial charge in [-0.2, -0.15) is 4.98 Å². The molecule has 0 spiro atoms. The van der Waals surface area contributed by atoms with Gasteiger partial charge in [0, 0.05) is 26.7 Å². The highest BCUT2D eigenvalue weighted by Gasteiger charge is 2.37. The minimum absolute atomic E-state index is 0.122. The Hall–Kier alpha value is -2.12. The van der Waals surface area contributed by atoms with E-state index in [1.165, 1.54) is 4.57 Å². The molecular weight excluding hydrogens is 330 g/mol. The number of carbonyl (C=O) groups excluding carboxylic acids is 1. The van der Waals surface area contributed by atoms with Crippen molar-refractivity contribution >= 4 is 39.9 Å². The fourth-order valence-electron chi connectivity index (χ4n) is 3.52. The number of benzene rings is 1. The number of nitrogens with zero attached hydrogens (tertiary/aromatic N) is 4. The van der Waals surface area contributed by atoms with Gasteiger partial charge in [0.05, 0.1) is 21.6 Å². The Labute approximate surface area is 143 Å². The summed E-state index contributed by atoms with van der Waals surface area (Å²) < 4.78 is 1.49. The molecule has 1 fully saturated rings. The molecule has 1 aromatic carbocycles. The van der Waals surface area contributed by atoms with Crippen molar-refractivity contribution in [2.75, 3.05) is 36.9 Å². The summed E-state index contributed by atoms with van der Waals surface area (Å²) in [6, 6.07) is 1.48. The van der Waals surface area contributed by atoms with E-state index in [4.69, 9.17) is 11.6 Å². The third-order valence-corrected chi connectivity index (χ3v) is 5.39. The first-order valence-corrected chi connectivity index (χ1v) is 8.22. The number of fused-ring (bicyclic) bond motifs is 2. The van der Waals surface area contributed by atoms with Gasteiger partial charge in [-0.1, -0.05) is 11.6 Å². The van der Waals surface area contributed by atoms with Crippen LogP contribution < -0.4 is 15.9 Å². The Morgan fingerprint density at radius 2 is 2.04 bits per heavy atom. The fraction of sp³-hybridized carbons (Fsp3) is 0.438. The van der Waals surface area contributed by atoms with Gasteiger partial charge in [-0.05, 0) is 25.6 Å². The van der Waals surface area contributed by atoms with Crippen molar-refractivity contribution in [2.45, 2.75) is 13.0 Å². The van der Waals surface area contributed by atoms with E-state index in [-0.39, 0.29) is 11.6 Å². The molecule has 8 heteroatoms. The molecule has 2 aromatic rings. The van der Waals surface area contributed by atoms with E-state index in [0.717, 1.165) is 23.0 Å². The Bertz CT molecular complexity index is 938. The number of piperazine rings is 1. The lowest BCUT2D eigenvalue weighted by atomic mass is 10.1. The first-order chi connectivity index (χ1) is 11.4. The maximum atomic E-state index is 12.8. The molecule has 0 bridgehead atoms. The van der Waals surface area contributed by atoms with Crippen molar-refractivity contribution < 1.29 is 4.79 Å². The summed E-state index contributed by atoms with van der Waals surface area (Å²) in [5, 5.41) is 4.19. The van der Waals surface area contributed by atoms with E-state index in [0.29, 0.717) is 29.6 Å². The highest BCUT2D eigenvalue weighted by molar-refractivity contribution is 6.37. The smallest absolute Gasteiger partial charge is 0.341 e. The van der Waals surface area contributed by atoms with E-state index in [1.54, 1.807) is 7.05 Å². The molecule has 2 aliphatic rings. The monoisotopic (exact) mass is 347 g/mol. The number of amides is 1. The number of carbonyl (C=O) groups is 1. The second-order valence-electron chi connectivity index (χ2n) is 6.51. The summed E-state index contributed by atoms with van der Waals surface area (Å²) in [5.74, 6) is 0.421. The van der Waals surface area contributed by atoms with E-state index in [9.17, 15) is 9.59 Å². The van der Waals surface area contributed by atoms with Crippen molar-refractivity contribution in [3.05, 3.63) is 27.1 Å². The van der Waals surface area contributed by atoms with Crippen LogP contribution in [0, 0.1) is 6.92 Å². The third kappa shape index (κ3) is 2.04. The standard InChI is InChI=1S/C16H18ClN5O2/c1-8-6-9-11-13(12(8)17)18-15(23)10-7-20(2)4-5-22(10)14(11)19-16(24)21(9)3/h6,10H,4-5,7H2,1-3H3,(H,18,23). The van der Waals surface area contributed by atoms with Crippen LogP contribution in [0.4, 0.5) is 11.5 Å². The van der Waals surface area contributed by atoms with Crippen molar-refractivity contribution in [3.8, 4) is 0 Å². The van der Waals surface area contributed by atoms with Gasteiger partial charge in [-0.15, -0.1) is 0 Å². The van der Waals surface area contributed by atoms with Crippen molar-refractivity contribution in [1.29, 1.82) is 0 Å². The topological polar surface area (TPSA) is 70.5 Å². The average molecular weight is 348 g/mol. The van der Waals surface area contributed by atoms with Gasteiger partial charge in [0.25, 0.3) is 0 Å². The first kappa shape index (κ1) is 15.4. The summed E-state index contributed by atoms with van der Waals surface area (Å²) in [5.41, 5.74) is 1.74. The van der Waals surface area contributed by atoms with E-state index in [1.807, 2.05) is 24.9 Å². The van der Waals surface area contributed by atoms with Crippen LogP contribution in [0.3, 0.4) is 0 Å². The SMILES string of the molecule is Cc1cc2c3c(nc(=O)n2C)N2CCN(C)CC2C(=O)Nc3c1Cl. The summed E-state index contributed by atoms with van der Waals surface area (Å²) in [7, 11) is 3.66. The lowest BCUT2D eigenvalue weighted by Crippen LogP contribution is -2.56. The summed E-state index contributed by atoms with van der Waals surface area (Å²) in [4.78, 5) is 33.4. The number of aryl methyl sites for hydroxylation is 2. The van der Waals surface area contributed by atoms with Gasteiger partial charge in [0.2, 0.25) is 5.91 Å². The van der Waals surface area contributed by atoms with Gasteiger partial charge in [-0.3, -0.25) is 9.36 Å². The van der Waals surface area contributed by atoms with Crippen molar-refractivity contribution in [3.63, 3.8) is 0 Å². The number of halogens is 1. The van der Waals surface area contributed by atoms with Crippen LogP contribution in [0.25, 0.3) is 10.9 Å². The summed E-state index contributed by atoms with van der Waals surface area (Å²) in [6.07, 6.45) is 0. The maximum absolute atomic E-state index is 12.8. The van der Waals surface area contributed by atoms with Gasteiger partial charge in [0.15, 0.2) is 0 Å². The number of rotatable bonds is 0. The Morgan fingerprint density at radius 1 is 1.29 bits per heavy atom. The molecule has 4 rings (SSSR count). The molecule has 2 aliphatic heterocycles. The molecule has 1 aromatic heterocycles. The molecule has 1 amide bonds. The average Bonchev–Trinajstić information content (AvgIpc) is 2.66. The molecule has 0 radical (unpaired) electrons. The molecule has 7 nitrogen and oxygen atoms in total. The largest absolute Gasteiger partial charge is 0.349 e.